The largest absolute Gasteiger partial charge is 0.423 e. The normalized spacial score (nSPS) is 18.4. The van der Waals surface area contributed by atoms with E-state index in [-0.39, 0.29) is 17.0 Å². The Morgan fingerprint density at radius 1 is 0.781 bits per heavy atom. The van der Waals surface area contributed by atoms with E-state index in [0.717, 1.165) is 0 Å². The van der Waals surface area contributed by atoms with Crippen molar-refractivity contribution in [1.82, 2.24) is 0 Å². The number of carbonyl (C=O) groups excluding carboxylic acids is 1. The summed E-state index contributed by atoms with van der Waals surface area (Å²) in [4.78, 5) is 12.4. The highest BCUT2D eigenvalue weighted by Gasteiger charge is 2.31. The van der Waals surface area contributed by atoms with E-state index in [4.69, 9.17) is 4.74 Å². The average Bonchev–Trinajstić information content (AvgIpc) is 2.82. The predicted octanol–water partition coefficient (Wildman–Crippen LogP) is 7.10. The zero-order valence-electron chi connectivity index (χ0n) is 17.5. The molecule has 1 saturated carbocycles. The summed E-state index contributed by atoms with van der Waals surface area (Å²) in [5, 5.41) is 0. The molecule has 3 aromatic rings. The van der Waals surface area contributed by atoms with Gasteiger partial charge < -0.3 is 4.74 Å². The number of hydrogen-bond donors (Lipinski definition) is 0. The first kappa shape index (κ1) is 22.1. The highest BCUT2D eigenvalue weighted by molar-refractivity contribution is 5.75. The number of hydrogen-bond acceptors (Lipinski definition) is 2. The van der Waals surface area contributed by atoms with Crippen LogP contribution in [-0.2, 0) is 4.79 Å². The minimum Gasteiger partial charge on any atom is -0.423 e. The lowest BCUT2D eigenvalue weighted by Gasteiger charge is -2.28. The second kappa shape index (κ2) is 9.15. The first-order valence-electron chi connectivity index (χ1n) is 10.6. The number of carbonyl (C=O) groups is 1. The zero-order chi connectivity index (χ0) is 22.8. The molecule has 0 heterocycles. The standard InChI is InChI=1S/C26H22F4O2/c1-15-7-14-21(25(30)22(15)27)32-26(31)18-10-8-17(9-11-18)20-13-12-19(23(28)24(20)29)16-5-3-2-4-6-16/h2-7,12-14,17-18H,8-11H2,1H3. The van der Waals surface area contributed by atoms with Crippen LogP contribution in [0.1, 0.15) is 42.7 Å². The SMILES string of the molecule is Cc1ccc(OC(=O)C2CCC(c3ccc(-c4ccccc4)c(F)c3F)CC2)c(F)c1F. The van der Waals surface area contributed by atoms with Crippen molar-refractivity contribution in [3.05, 3.63) is 89.0 Å². The molecule has 0 unspecified atom stereocenters. The Hall–Kier alpha value is -3.15. The lowest BCUT2D eigenvalue weighted by Crippen LogP contribution is -2.26. The van der Waals surface area contributed by atoms with E-state index >= 15 is 0 Å². The molecule has 1 fully saturated rings. The Labute approximate surface area is 183 Å². The third-order valence-electron chi connectivity index (χ3n) is 6.15. The van der Waals surface area contributed by atoms with Crippen molar-refractivity contribution in [3.8, 4) is 16.9 Å². The minimum atomic E-state index is -1.19. The van der Waals surface area contributed by atoms with Crippen LogP contribution in [0.15, 0.2) is 54.6 Å². The summed E-state index contributed by atoms with van der Waals surface area (Å²) in [6.45, 7) is 1.42. The van der Waals surface area contributed by atoms with Crippen molar-refractivity contribution in [1.29, 1.82) is 0 Å². The second-order valence-electron chi connectivity index (χ2n) is 8.17. The molecule has 0 atom stereocenters. The van der Waals surface area contributed by atoms with Crippen LogP contribution in [0, 0.1) is 36.1 Å². The van der Waals surface area contributed by atoms with Gasteiger partial charge in [0.05, 0.1) is 5.92 Å². The molecule has 0 aliphatic heterocycles. The van der Waals surface area contributed by atoms with E-state index in [1.165, 1.54) is 19.1 Å². The Bertz CT molecular complexity index is 1140. The zero-order valence-corrected chi connectivity index (χ0v) is 17.5. The van der Waals surface area contributed by atoms with Gasteiger partial charge in [-0.2, -0.15) is 4.39 Å². The molecule has 2 nitrogen and oxygen atoms in total. The molecule has 1 aliphatic carbocycles. The molecule has 0 spiro atoms. The maximum Gasteiger partial charge on any atom is 0.314 e. The van der Waals surface area contributed by atoms with Gasteiger partial charge >= 0.3 is 5.97 Å². The summed E-state index contributed by atoms with van der Waals surface area (Å²) in [5.74, 6) is -5.81. The van der Waals surface area contributed by atoms with Crippen LogP contribution in [0.25, 0.3) is 11.1 Å². The van der Waals surface area contributed by atoms with Gasteiger partial charge in [0.2, 0.25) is 5.82 Å². The molecule has 0 N–H and O–H groups in total. The molecule has 0 aromatic heterocycles. The Balaban J connectivity index is 1.43. The maximum atomic E-state index is 14.8. The van der Waals surface area contributed by atoms with Crippen molar-refractivity contribution >= 4 is 5.97 Å². The lowest BCUT2D eigenvalue weighted by atomic mass is 9.78. The van der Waals surface area contributed by atoms with E-state index in [0.29, 0.717) is 36.8 Å². The summed E-state index contributed by atoms with van der Waals surface area (Å²) >= 11 is 0. The van der Waals surface area contributed by atoms with Crippen molar-refractivity contribution in [2.45, 2.75) is 38.5 Å². The van der Waals surface area contributed by atoms with Gasteiger partial charge in [-0.05, 0) is 61.3 Å². The van der Waals surface area contributed by atoms with Gasteiger partial charge in [-0.15, -0.1) is 0 Å². The van der Waals surface area contributed by atoms with Crippen LogP contribution in [0.4, 0.5) is 17.6 Å². The fraction of sp³-hybridized carbons (Fsp3) is 0.269. The molecule has 0 saturated heterocycles. The Morgan fingerprint density at radius 3 is 2.16 bits per heavy atom. The van der Waals surface area contributed by atoms with Crippen LogP contribution in [-0.4, -0.2) is 5.97 Å². The number of benzene rings is 3. The summed E-state index contributed by atoms with van der Waals surface area (Å²) in [6.07, 6.45) is 1.71. The molecule has 4 rings (SSSR count). The first-order chi connectivity index (χ1) is 15.4. The van der Waals surface area contributed by atoms with Crippen molar-refractivity contribution < 1.29 is 27.1 Å². The highest BCUT2D eigenvalue weighted by Crippen LogP contribution is 2.39. The van der Waals surface area contributed by atoms with Gasteiger partial charge in [0.15, 0.2) is 23.2 Å². The summed E-state index contributed by atoms with van der Waals surface area (Å²) < 4.78 is 62.3. The monoisotopic (exact) mass is 442 g/mol. The molecule has 0 radical (unpaired) electrons. The van der Waals surface area contributed by atoms with E-state index < -0.39 is 40.9 Å². The van der Waals surface area contributed by atoms with E-state index in [9.17, 15) is 22.4 Å². The molecular formula is C26H22F4O2. The molecule has 3 aromatic carbocycles. The summed E-state index contributed by atoms with van der Waals surface area (Å²) in [5.41, 5.74) is 1.22. The third kappa shape index (κ3) is 4.27. The van der Waals surface area contributed by atoms with Gasteiger partial charge in [-0.3, -0.25) is 4.79 Å². The first-order valence-corrected chi connectivity index (χ1v) is 10.6. The number of halogens is 4. The summed E-state index contributed by atoms with van der Waals surface area (Å²) in [7, 11) is 0. The molecule has 6 heteroatoms. The van der Waals surface area contributed by atoms with Crippen molar-refractivity contribution in [3.63, 3.8) is 0 Å². The van der Waals surface area contributed by atoms with Gasteiger partial charge in [0, 0.05) is 5.56 Å². The van der Waals surface area contributed by atoms with Crippen molar-refractivity contribution in [2.24, 2.45) is 5.92 Å². The van der Waals surface area contributed by atoms with E-state index in [2.05, 4.69) is 0 Å². The molecule has 0 amide bonds. The van der Waals surface area contributed by atoms with Gasteiger partial charge in [-0.25, -0.2) is 13.2 Å². The number of ether oxygens (including phenoxy) is 1. The van der Waals surface area contributed by atoms with Crippen LogP contribution >= 0.6 is 0 Å². The molecule has 166 valence electrons. The third-order valence-corrected chi connectivity index (χ3v) is 6.15. The van der Waals surface area contributed by atoms with Crippen LogP contribution in [0.3, 0.4) is 0 Å². The van der Waals surface area contributed by atoms with Crippen molar-refractivity contribution in [2.75, 3.05) is 0 Å². The Kier molecular flexibility index (Phi) is 6.31. The maximum absolute atomic E-state index is 14.8. The molecule has 0 bridgehead atoms. The molecular weight excluding hydrogens is 420 g/mol. The number of esters is 1. The predicted molar refractivity (Wildman–Crippen MR) is 113 cm³/mol. The number of rotatable bonds is 4. The fourth-order valence-corrected chi connectivity index (χ4v) is 4.26. The van der Waals surface area contributed by atoms with E-state index in [1.807, 2.05) is 0 Å². The van der Waals surface area contributed by atoms with Gasteiger partial charge in [0.25, 0.3) is 0 Å². The minimum absolute atomic E-state index is 0.121. The van der Waals surface area contributed by atoms with Crippen LogP contribution < -0.4 is 4.74 Å². The molecule has 1 aliphatic rings. The molecule has 32 heavy (non-hydrogen) atoms. The smallest absolute Gasteiger partial charge is 0.314 e. The fourth-order valence-electron chi connectivity index (χ4n) is 4.26. The lowest BCUT2D eigenvalue weighted by molar-refractivity contribution is -0.140. The van der Waals surface area contributed by atoms with Crippen LogP contribution in [0.2, 0.25) is 0 Å². The van der Waals surface area contributed by atoms with Gasteiger partial charge in [-0.1, -0.05) is 48.5 Å². The number of aryl methyl sites for hydroxylation is 1. The van der Waals surface area contributed by atoms with Gasteiger partial charge in [0.1, 0.15) is 0 Å². The topological polar surface area (TPSA) is 26.3 Å². The summed E-state index contributed by atoms with van der Waals surface area (Å²) in [6, 6.07) is 14.5. The van der Waals surface area contributed by atoms with Crippen LogP contribution in [0.5, 0.6) is 5.75 Å². The second-order valence-corrected chi connectivity index (χ2v) is 8.17. The highest BCUT2D eigenvalue weighted by atomic mass is 19.2. The average molecular weight is 442 g/mol. The van der Waals surface area contributed by atoms with E-state index in [1.54, 1.807) is 42.5 Å². The quantitative estimate of drug-likeness (QED) is 0.245. The Morgan fingerprint density at radius 2 is 1.47 bits per heavy atom.